The number of halogens is 1. The van der Waals surface area contributed by atoms with Gasteiger partial charge < -0.3 is 10.1 Å². The van der Waals surface area contributed by atoms with Crippen LogP contribution in [-0.4, -0.2) is 12.0 Å². The number of ether oxygens (including phenoxy) is 1. The van der Waals surface area contributed by atoms with Crippen LogP contribution in [0.25, 0.3) is 0 Å². The van der Waals surface area contributed by atoms with Gasteiger partial charge in [0.15, 0.2) is 6.10 Å². The quantitative estimate of drug-likeness (QED) is 0.921. The average molecular weight is 301 g/mol. The second-order valence-corrected chi connectivity index (χ2v) is 5.46. The highest BCUT2D eigenvalue weighted by Crippen LogP contribution is 2.24. The Morgan fingerprint density at radius 1 is 1.18 bits per heavy atom. The fraction of sp³-hybridized carbons (Fsp3) is 0.278. The van der Waals surface area contributed by atoms with Crippen LogP contribution in [0.1, 0.15) is 23.6 Å². The molecular formula is C18H20FNO2. The molecule has 1 N–H and O–H groups in total. The first-order chi connectivity index (χ1) is 10.4. The molecule has 1 amide bonds. The monoisotopic (exact) mass is 301 g/mol. The molecule has 22 heavy (non-hydrogen) atoms. The van der Waals surface area contributed by atoms with Crippen molar-refractivity contribution >= 4 is 11.6 Å². The Morgan fingerprint density at radius 3 is 2.59 bits per heavy atom. The lowest BCUT2D eigenvalue weighted by atomic mass is 10.1. The smallest absolute Gasteiger partial charge is 0.265 e. The molecule has 0 unspecified atom stereocenters. The van der Waals surface area contributed by atoms with E-state index in [-0.39, 0.29) is 5.91 Å². The fourth-order valence-electron chi connectivity index (χ4n) is 2.18. The summed E-state index contributed by atoms with van der Waals surface area (Å²) >= 11 is 0. The summed E-state index contributed by atoms with van der Waals surface area (Å²) in [5, 5.41) is 2.65. The van der Waals surface area contributed by atoms with E-state index in [0.717, 1.165) is 16.7 Å². The molecule has 116 valence electrons. The molecule has 1 atom stereocenters. The highest BCUT2D eigenvalue weighted by molar-refractivity contribution is 5.94. The third-order valence-electron chi connectivity index (χ3n) is 3.53. The standard InChI is InChI=1S/C18H20FNO2/c1-11-8-12(2)13(3)17(9-11)22-14(4)18(21)20-16-7-5-6-15(19)10-16/h5-10,14H,1-4H3,(H,20,21)/t14-/m1/s1. The molecule has 0 bridgehead atoms. The van der Waals surface area contributed by atoms with Gasteiger partial charge in [-0.1, -0.05) is 12.1 Å². The number of aryl methyl sites for hydroxylation is 2. The van der Waals surface area contributed by atoms with Crippen molar-refractivity contribution in [1.29, 1.82) is 0 Å². The molecule has 0 aliphatic carbocycles. The molecule has 0 aliphatic rings. The summed E-state index contributed by atoms with van der Waals surface area (Å²) in [6, 6.07) is 9.76. The maximum atomic E-state index is 13.1. The summed E-state index contributed by atoms with van der Waals surface area (Å²) < 4.78 is 18.9. The Bertz CT molecular complexity index is 697. The van der Waals surface area contributed by atoms with Crippen LogP contribution in [0, 0.1) is 26.6 Å². The average Bonchev–Trinajstić information content (AvgIpc) is 2.44. The molecule has 0 aromatic heterocycles. The van der Waals surface area contributed by atoms with E-state index in [1.807, 2.05) is 26.8 Å². The van der Waals surface area contributed by atoms with E-state index in [9.17, 15) is 9.18 Å². The molecule has 2 rings (SSSR count). The van der Waals surface area contributed by atoms with E-state index in [2.05, 4.69) is 11.4 Å². The number of hydrogen-bond donors (Lipinski definition) is 1. The number of rotatable bonds is 4. The summed E-state index contributed by atoms with van der Waals surface area (Å²) in [6.07, 6.45) is -0.678. The minimum atomic E-state index is -0.678. The summed E-state index contributed by atoms with van der Waals surface area (Å²) in [7, 11) is 0. The van der Waals surface area contributed by atoms with Crippen LogP contribution < -0.4 is 10.1 Å². The number of anilines is 1. The number of nitrogens with one attached hydrogen (secondary N) is 1. The predicted molar refractivity (Wildman–Crippen MR) is 85.8 cm³/mol. The molecule has 0 heterocycles. The third kappa shape index (κ3) is 3.85. The lowest BCUT2D eigenvalue weighted by Gasteiger charge is -2.18. The Labute approximate surface area is 130 Å². The van der Waals surface area contributed by atoms with Crippen molar-refractivity contribution in [3.63, 3.8) is 0 Å². The highest BCUT2D eigenvalue weighted by Gasteiger charge is 2.16. The van der Waals surface area contributed by atoms with Crippen molar-refractivity contribution in [2.45, 2.75) is 33.8 Å². The first-order valence-corrected chi connectivity index (χ1v) is 7.18. The first kappa shape index (κ1) is 16.0. The van der Waals surface area contributed by atoms with Crippen molar-refractivity contribution in [3.05, 3.63) is 58.9 Å². The van der Waals surface area contributed by atoms with Gasteiger partial charge in [-0.15, -0.1) is 0 Å². The van der Waals surface area contributed by atoms with Crippen LogP contribution in [0.15, 0.2) is 36.4 Å². The molecule has 2 aromatic carbocycles. The fourth-order valence-corrected chi connectivity index (χ4v) is 2.18. The molecule has 0 radical (unpaired) electrons. The van der Waals surface area contributed by atoms with E-state index >= 15 is 0 Å². The summed E-state index contributed by atoms with van der Waals surface area (Å²) in [5.41, 5.74) is 3.62. The number of hydrogen-bond acceptors (Lipinski definition) is 2. The minimum Gasteiger partial charge on any atom is -0.481 e. The molecule has 2 aromatic rings. The van der Waals surface area contributed by atoms with Crippen LogP contribution in [0.5, 0.6) is 5.75 Å². The van der Waals surface area contributed by atoms with Crippen LogP contribution in [0.4, 0.5) is 10.1 Å². The molecule has 0 fully saturated rings. The van der Waals surface area contributed by atoms with Crippen LogP contribution >= 0.6 is 0 Å². The molecule has 0 saturated heterocycles. The largest absolute Gasteiger partial charge is 0.481 e. The highest BCUT2D eigenvalue weighted by atomic mass is 19.1. The Morgan fingerprint density at radius 2 is 1.91 bits per heavy atom. The van der Waals surface area contributed by atoms with Crippen molar-refractivity contribution < 1.29 is 13.9 Å². The van der Waals surface area contributed by atoms with E-state index < -0.39 is 11.9 Å². The van der Waals surface area contributed by atoms with Crippen molar-refractivity contribution in [3.8, 4) is 5.75 Å². The van der Waals surface area contributed by atoms with E-state index in [0.29, 0.717) is 11.4 Å². The Kier molecular flexibility index (Phi) is 4.81. The third-order valence-corrected chi connectivity index (χ3v) is 3.53. The van der Waals surface area contributed by atoms with Gasteiger partial charge in [0.05, 0.1) is 0 Å². The zero-order valence-corrected chi connectivity index (χ0v) is 13.2. The van der Waals surface area contributed by atoms with Gasteiger partial charge >= 0.3 is 0 Å². The molecule has 0 saturated carbocycles. The topological polar surface area (TPSA) is 38.3 Å². The second-order valence-electron chi connectivity index (χ2n) is 5.46. The zero-order chi connectivity index (χ0) is 16.3. The van der Waals surface area contributed by atoms with Crippen LogP contribution in [0.3, 0.4) is 0 Å². The van der Waals surface area contributed by atoms with Crippen molar-refractivity contribution in [1.82, 2.24) is 0 Å². The Balaban J connectivity index is 2.09. The number of carbonyl (C=O) groups excluding carboxylic acids is 1. The molecule has 4 heteroatoms. The molecular weight excluding hydrogens is 281 g/mol. The van der Waals surface area contributed by atoms with Gasteiger partial charge in [-0.2, -0.15) is 0 Å². The van der Waals surface area contributed by atoms with Gasteiger partial charge in [-0.25, -0.2) is 4.39 Å². The van der Waals surface area contributed by atoms with Gasteiger partial charge in [0.2, 0.25) is 0 Å². The lowest BCUT2D eigenvalue weighted by molar-refractivity contribution is -0.122. The molecule has 3 nitrogen and oxygen atoms in total. The van der Waals surface area contributed by atoms with Crippen molar-refractivity contribution in [2.24, 2.45) is 0 Å². The van der Waals surface area contributed by atoms with Crippen LogP contribution in [-0.2, 0) is 4.79 Å². The van der Waals surface area contributed by atoms with E-state index in [4.69, 9.17) is 4.74 Å². The normalized spacial score (nSPS) is 11.9. The maximum absolute atomic E-state index is 13.1. The first-order valence-electron chi connectivity index (χ1n) is 7.18. The van der Waals surface area contributed by atoms with Crippen molar-refractivity contribution in [2.75, 3.05) is 5.32 Å². The summed E-state index contributed by atoms with van der Waals surface area (Å²) in [4.78, 5) is 12.2. The summed E-state index contributed by atoms with van der Waals surface area (Å²) in [6.45, 7) is 7.62. The van der Waals surface area contributed by atoms with Gasteiger partial charge in [0, 0.05) is 5.69 Å². The minimum absolute atomic E-state index is 0.316. The van der Waals surface area contributed by atoms with Gasteiger partial charge in [-0.3, -0.25) is 4.79 Å². The van der Waals surface area contributed by atoms with Gasteiger partial charge in [-0.05, 0) is 68.7 Å². The van der Waals surface area contributed by atoms with E-state index in [1.165, 1.54) is 12.1 Å². The number of benzene rings is 2. The summed E-state index contributed by atoms with van der Waals surface area (Å²) in [5.74, 6) is -0.0138. The molecule has 0 spiro atoms. The second kappa shape index (κ2) is 6.60. The maximum Gasteiger partial charge on any atom is 0.265 e. The number of amides is 1. The van der Waals surface area contributed by atoms with Crippen LogP contribution in [0.2, 0.25) is 0 Å². The van der Waals surface area contributed by atoms with Gasteiger partial charge in [0.25, 0.3) is 5.91 Å². The zero-order valence-electron chi connectivity index (χ0n) is 13.2. The predicted octanol–water partition coefficient (Wildman–Crippen LogP) is 4.16. The van der Waals surface area contributed by atoms with Gasteiger partial charge in [0.1, 0.15) is 11.6 Å². The lowest BCUT2D eigenvalue weighted by Crippen LogP contribution is -2.30. The molecule has 0 aliphatic heterocycles. The Hall–Kier alpha value is -2.36. The SMILES string of the molecule is Cc1cc(C)c(C)c(O[C@H](C)C(=O)Nc2cccc(F)c2)c1. The van der Waals surface area contributed by atoms with E-state index in [1.54, 1.807) is 19.1 Å². The number of carbonyl (C=O) groups is 1.